The highest BCUT2D eigenvalue weighted by molar-refractivity contribution is 7.91. The smallest absolute Gasteiger partial charge is 0.252 e. The molecular formula is C21H23ClN4O3S2. The molecule has 0 atom stereocenters. The number of piperazine rings is 1. The van der Waals surface area contributed by atoms with Gasteiger partial charge in [0.1, 0.15) is 4.21 Å². The predicted octanol–water partition coefficient (Wildman–Crippen LogP) is 2.91. The van der Waals surface area contributed by atoms with Gasteiger partial charge in [-0.2, -0.15) is 4.31 Å². The Hall–Kier alpha value is -2.04. The summed E-state index contributed by atoms with van der Waals surface area (Å²) in [6.45, 7) is 3.16. The largest absolute Gasteiger partial charge is 0.339 e. The minimum Gasteiger partial charge on any atom is -0.339 e. The molecule has 1 aliphatic rings. The van der Waals surface area contributed by atoms with Gasteiger partial charge in [0.05, 0.1) is 16.4 Å². The number of amides is 1. The lowest BCUT2D eigenvalue weighted by Crippen LogP contribution is -2.51. The van der Waals surface area contributed by atoms with Crippen molar-refractivity contribution in [2.24, 2.45) is 0 Å². The Morgan fingerprint density at radius 2 is 1.87 bits per heavy atom. The fraction of sp³-hybridized carbons (Fsp3) is 0.333. The van der Waals surface area contributed by atoms with Gasteiger partial charge in [-0.05, 0) is 23.8 Å². The summed E-state index contributed by atoms with van der Waals surface area (Å²) in [7, 11) is -2.30. The predicted molar refractivity (Wildman–Crippen MR) is 123 cm³/mol. The first kappa shape index (κ1) is 22.2. The van der Waals surface area contributed by atoms with E-state index in [0.29, 0.717) is 17.4 Å². The van der Waals surface area contributed by atoms with E-state index in [2.05, 4.69) is 28.1 Å². The number of benzene rings is 1. The number of carbonyl (C=O) groups excluding carboxylic acids is 1. The van der Waals surface area contributed by atoms with E-state index in [0.717, 1.165) is 46.2 Å². The lowest BCUT2D eigenvalue weighted by Gasteiger charge is -2.35. The molecular weight excluding hydrogens is 456 g/mol. The van der Waals surface area contributed by atoms with Crippen LogP contribution in [0, 0.1) is 0 Å². The number of para-hydroxylation sites is 1. The minimum absolute atomic E-state index is 0.140. The molecule has 10 heteroatoms. The van der Waals surface area contributed by atoms with E-state index < -0.39 is 10.0 Å². The molecule has 3 heterocycles. The van der Waals surface area contributed by atoms with Crippen LogP contribution in [0.25, 0.3) is 10.9 Å². The zero-order chi connectivity index (χ0) is 22.0. The molecule has 164 valence electrons. The number of halogens is 1. The van der Waals surface area contributed by atoms with Crippen molar-refractivity contribution in [3.8, 4) is 0 Å². The van der Waals surface area contributed by atoms with Gasteiger partial charge >= 0.3 is 0 Å². The van der Waals surface area contributed by atoms with Gasteiger partial charge in [0.2, 0.25) is 5.91 Å². The third-order valence-corrected chi connectivity index (χ3v) is 8.91. The first-order valence-electron chi connectivity index (χ1n) is 9.89. The van der Waals surface area contributed by atoms with E-state index in [1.54, 1.807) is 17.2 Å². The van der Waals surface area contributed by atoms with Gasteiger partial charge in [0.25, 0.3) is 10.0 Å². The maximum Gasteiger partial charge on any atom is 0.252 e. The summed E-state index contributed by atoms with van der Waals surface area (Å²) in [5.41, 5.74) is 2.17. The summed E-state index contributed by atoms with van der Waals surface area (Å²) < 4.78 is 26.9. The highest BCUT2D eigenvalue weighted by Gasteiger charge is 2.28. The van der Waals surface area contributed by atoms with Crippen LogP contribution in [0.1, 0.15) is 5.56 Å². The summed E-state index contributed by atoms with van der Waals surface area (Å²) in [6, 6.07) is 13.2. The lowest BCUT2D eigenvalue weighted by molar-refractivity contribution is -0.133. The topological polar surface area (TPSA) is 73.8 Å². The van der Waals surface area contributed by atoms with Gasteiger partial charge in [0.15, 0.2) is 0 Å². The molecule has 1 amide bonds. The van der Waals surface area contributed by atoms with Crippen molar-refractivity contribution in [1.82, 2.24) is 19.1 Å². The van der Waals surface area contributed by atoms with E-state index in [1.807, 2.05) is 12.1 Å². The van der Waals surface area contributed by atoms with Crippen molar-refractivity contribution in [2.75, 3.05) is 39.8 Å². The van der Waals surface area contributed by atoms with Crippen molar-refractivity contribution in [3.05, 3.63) is 58.6 Å². The van der Waals surface area contributed by atoms with E-state index in [9.17, 15) is 13.2 Å². The minimum atomic E-state index is -3.72. The number of pyridine rings is 1. The normalized spacial score (nSPS) is 15.6. The molecule has 1 aliphatic heterocycles. The summed E-state index contributed by atoms with van der Waals surface area (Å²) in [6.07, 6.45) is 1.80. The third kappa shape index (κ3) is 4.91. The van der Waals surface area contributed by atoms with E-state index >= 15 is 0 Å². The molecule has 3 aromatic rings. The second-order valence-corrected chi connectivity index (χ2v) is 11.5. The summed E-state index contributed by atoms with van der Waals surface area (Å²) in [4.78, 5) is 21.2. The van der Waals surface area contributed by atoms with Crippen LogP contribution < -0.4 is 0 Å². The second kappa shape index (κ2) is 9.22. The van der Waals surface area contributed by atoms with Crippen molar-refractivity contribution in [3.63, 3.8) is 0 Å². The average Bonchev–Trinajstić information content (AvgIpc) is 3.21. The molecule has 1 aromatic carbocycles. The van der Waals surface area contributed by atoms with Crippen molar-refractivity contribution in [2.45, 2.75) is 10.8 Å². The Morgan fingerprint density at radius 3 is 2.58 bits per heavy atom. The Balaban J connectivity index is 1.33. The van der Waals surface area contributed by atoms with Crippen LogP contribution in [0.3, 0.4) is 0 Å². The standard InChI is InChI=1S/C21H23ClN4O3S2/c1-24(31(28,29)20-8-7-18(22)30-20)15-19(27)26-12-10-25(11-13-26)14-17-5-2-4-16-6-3-9-23-21(16)17/h2-9H,10-15H2,1H3. The van der Waals surface area contributed by atoms with Crippen LogP contribution >= 0.6 is 22.9 Å². The number of hydrogen-bond acceptors (Lipinski definition) is 6. The molecule has 0 bridgehead atoms. The number of aromatic nitrogens is 1. The molecule has 0 aliphatic carbocycles. The number of nitrogens with zero attached hydrogens (tertiary/aromatic N) is 4. The highest BCUT2D eigenvalue weighted by Crippen LogP contribution is 2.27. The summed E-state index contributed by atoms with van der Waals surface area (Å²) in [5.74, 6) is -0.194. The maximum absolute atomic E-state index is 12.7. The molecule has 31 heavy (non-hydrogen) atoms. The Kier molecular flexibility index (Phi) is 6.59. The number of rotatable bonds is 6. The Bertz CT molecular complexity index is 1180. The van der Waals surface area contributed by atoms with E-state index in [1.165, 1.54) is 18.7 Å². The van der Waals surface area contributed by atoms with Gasteiger partial charge in [0, 0.05) is 51.4 Å². The average molecular weight is 479 g/mol. The van der Waals surface area contributed by atoms with Crippen LogP contribution in [-0.4, -0.2) is 73.2 Å². The van der Waals surface area contributed by atoms with Crippen LogP contribution in [-0.2, 0) is 21.4 Å². The first-order chi connectivity index (χ1) is 14.8. The molecule has 0 N–H and O–H groups in total. The first-order valence-corrected chi connectivity index (χ1v) is 12.5. The number of carbonyl (C=O) groups is 1. The fourth-order valence-corrected chi connectivity index (χ4v) is 6.47. The number of likely N-dealkylation sites (N-methyl/N-ethyl adjacent to an activating group) is 1. The van der Waals surface area contributed by atoms with Crippen molar-refractivity contribution in [1.29, 1.82) is 0 Å². The Labute approximate surface area is 190 Å². The van der Waals surface area contributed by atoms with Gasteiger partial charge in [-0.3, -0.25) is 14.7 Å². The molecule has 1 fully saturated rings. The molecule has 2 aromatic heterocycles. The summed E-state index contributed by atoms with van der Waals surface area (Å²) in [5, 5.41) is 1.12. The molecule has 4 rings (SSSR count). The summed E-state index contributed by atoms with van der Waals surface area (Å²) >= 11 is 6.84. The van der Waals surface area contributed by atoms with Gasteiger partial charge in [-0.25, -0.2) is 8.42 Å². The quantitative estimate of drug-likeness (QED) is 0.544. The highest BCUT2D eigenvalue weighted by atomic mass is 35.5. The fourth-order valence-electron chi connectivity index (χ4n) is 3.66. The van der Waals surface area contributed by atoms with Crippen molar-refractivity contribution < 1.29 is 13.2 Å². The molecule has 0 spiro atoms. The number of fused-ring (bicyclic) bond motifs is 1. The number of hydrogen-bond donors (Lipinski definition) is 0. The van der Waals surface area contributed by atoms with Crippen LogP contribution in [0.4, 0.5) is 0 Å². The molecule has 0 radical (unpaired) electrons. The van der Waals surface area contributed by atoms with Gasteiger partial charge < -0.3 is 4.90 Å². The maximum atomic E-state index is 12.7. The molecule has 0 saturated carbocycles. The zero-order valence-corrected chi connectivity index (χ0v) is 19.5. The van der Waals surface area contributed by atoms with Crippen LogP contribution in [0.2, 0.25) is 4.34 Å². The monoisotopic (exact) mass is 478 g/mol. The van der Waals surface area contributed by atoms with E-state index in [4.69, 9.17) is 11.6 Å². The lowest BCUT2D eigenvalue weighted by atomic mass is 10.1. The van der Waals surface area contributed by atoms with Crippen LogP contribution in [0.15, 0.2) is 52.9 Å². The zero-order valence-electron chi connectivity index (χ0n) is 17.1. The Morgan fingerprint density at radius 1 is 1.13 bits per heavy atom. The second-order valence-electron chi connectivity index (χ2n) is 7.47. The van der Waals surface area contributed by atoms with Crippen LogP contribution in [0.5, 0.6) is 0 Å². The number of sulfonamides is 1. The third-order valence-electron chi connectivity index (χ3n) is 5.41. The molecule has 1 saturated heterocycles. The molecule has 0 unspecified atom stereocenters. The SMILES string of the molecule is CN(CC(=O)N1CCN(Cc2cccc3cccnc23)CC1)S(=O)(=O)c1ccc(Cl)s1. The van der Waals surface area contributed by atoms with Gasteiger partial charge in [-0.15, -0.1) is 11.3 Å². The van der Waals surface area contributed by atoms with Gasteiger partial charge in [-0.1, -0.05) is 35.9 Å². The van der Waals surface area contributed by atoms with Crippen molar-refractivity contribution >= 4 is 49.8 Å². The van der Waals surface area contributed by atoms with E-state index in [-0.39, 0.29) is 16.7 Å². The number of thiophene rings is 1. The molecule has 7 nitrogen and oxygen atoms in total.